The lowest BCUT2D eigenvalue weighted by atomic mass is 10.4. The van der Waals surface area contributed by atoms with Crippen LogP contribution in [0.4, 0.5) is 0 Å². The van der Waals surface area contributed by atoms with Crippen LogP contribution in [0.15, 0.2) is 35.2 Å². The van der Waals surface area contributed by atoms with E-state index >= 15 is 0 Å². The first-order valence-electron chi connectivity index (χ1n) is 9.00. The largest absolute Gasteiger partial charge is 0.379 e. The van der Waals surface area contributed by atoms with Crippen LogP contribution in [0.3, 0.4) is 0 Å². The van der Waals surface area contributed by atoms with E-state index in [0.717, 1.165) is 0 Å². The molecule has 0 fully saturated rings. The normalized spacial score (nSPS) is 11.7. The first kappa shape index (κ1) is 24.0. The summed E-state index contributed by atoms with van der Waals surface area (Å²) in [6.45, 7) is 6.68. The maximum atomic E-state index is 11.8. The third kappa shape index (κ3) is 12.9. The van der Waals surface area contributed by atoms with Crippen molar-refractivity contribution in [1.29, 1.82) is 0 Å². The van der Waals surface area contributed by atoms with Crippen LogP contribution in [0.2, 0.25) is 0 Å². The molecule has 0 saturated carbocycles. The highest BCUT2D eigenvalue weighted by atomic mass is 32.2. The second-order valence-electron chi connectivity index (χ2n) is 5.24. The smallest absolute Gasteiger partial charge is 0.297 e. The Morgan fingerprint density at radius 2 is 1.04 bits per heavy atom. The number of benzene rings is 1. The molecule has 0 bridgehead atoms. The van der Waals surface area contributed by atoms with Crippen molar-refractivity contribution in [3.63, 3.8) is 0 Å². The van der Waals surface area contributed by atoms with E-state index < -0.39 is 10.1 Å². The van der Waals surface area contributed by atoms with Gasteiger partial charge in [0.05, 0.1) is 71.0 Å². The van der Waals surface area contributed by atoms with Crippen LogP contribution in [0.5, 0.6) is 0 Å². The van der Waals surface area contributed by atoms with E-state index in [-0.39, 0.29) is 18.1 Å². The molecule has 0 atom stereocenters. The molecular weight excluding hydrogens is 376 g/mol. The Kier molecular flexibility index (Phi) is 14.1. The molecule has 27 heavy (non-hydrogen) atoms. The molecule has 0 spiro atoms. The van der Waals surface area contributed by atoms with Gasteiger partial charge in [-0.1, -0.05) is 18.2 Å². The molecule has 0 saturated heterocycles. The van der Waals surface area contributed by atoms with Gasteiger partial charge in [0.15, 0.2) is 0 Å². The van der Waals surface area contributed by atoms with Crippen molar-refractivity contribution in [2.24, 2.45) is 0 Å². The first-order chi connectivity index (χ1) is 13.2. The summed E-state index contributed by atoms with van der Waals surface area (Å²) >= 11 is 0. The Morgan fingerprint density at radius 3 is 1.48 bits per heavy atom. The van der Waals surface area contributed by atoms with Gasteiger partial charge in [-0.15, -0.1) is 0 Å². The number of rotatable bonds is 18. The van der Waals surface area contributed by atoms with Crippen LogP contribution in [0.1, 0.15) is 6.92 Å². The molecule has 0 aliphatic heterocycles. The van der Waals surface area contributed by atoms with Crippen molar-refractivity contribution in [3.05, 3.63) is 30.3 Å². The third-order valence-electron chi connectivity index (χ3n) is 3.19. The third-order valence-corrected chi connectivity index (χ3v) is 4.52. The minimum absolute atomic E-state index is 0.0381. The van der Waals surface area contributed by atoms with E-state index in [0.29, 0.717) is 59.5 Å². The molecule has 0 aromatic heterocycles. The van der Waals surface area contributed by atoms with Crippen molar-refractivity contribution < 1.29 is 36.3 Å². The summed E-state index contributed by atoms with van der Waals surface area (Å²) in [5, 5.41) is 0. The Morgan fingerprint density at radius 1 is 0.630 bits per heavy atom. The number of hydrogen-bond donors (Lipinski definition) is 0. The van der Waals surface area contributed by atoms with E-state index in [1.54, 1.807) is 18.2 Å². The van der Waals surface area contributed by atoms with Crippen LogP contribution < -0.4 is 0 Å². The molecule has 8 nitrogen and oxygen atoms in total. The van der Waals surface area contributed by atoms with Crippen LogP contribution in [0.25, 0.3) is 0 Å². The summed E-state index contributed by atoms with van der Waals surface area (Å²) in [6, 6.07) is 8.00. The predicted molar refractivity (Wildman–Crippen MR) is 99.3 cm³/mol. The maximum absolute atomic E-state index is 11.8. The fourth-order valence-corrected chi connectivity index (χ4v) is 2.80. The van der Waals surface area contributed by atoms with Crippen LogP contribution >= 0.6 is 0 Å². The summed E-state index contributed by atoms with van der Waals surface area (Å²) in [5.74, 6) is 0. The van der Waals surface area contributed by atoms with E-state index in [9.17, 15) is 8.42 Å². The highest BCUT2D eigenvalue weighted by Gasteiger charge is 2.13. The van der Waals surface area contributed by atoms with Gasteiger partial charge in [0.1, 0.15) is 0 Å². The van der Waals surface area contributed by atoms with E-state index in [1.165, 1.54) is 12.1 Å². The standard InChI is InChI=1S/C18H30O8S/c1-2-21-8-9-22-10-11-23-12-13-24-14-15-25-16-17-26-27(19,20)18-6-4-3-5-7-18/h3-7H,2,8-17H2,1H3. The second kappa shape index (κ2) is 15.9. The van der Waals surface area contributed by atoms with Gasteiger partial charge in [-0.3, -0.25) is 4.18 Å². The molecular formula is C18H30O8S. The van der Waals surface area contributed by atoms with Crippen molar-refractivity contribution in [3.8, 4) is 0 Å². The van der Waals surface area contributed by atoms with Crippen molar-refractivity contribution in [1.82, 2.24) is 0 Å². The quantitative estimate of drug-likeness (QED) is 0.268. The Balaban J connectivity index is 1.84. The highest BCUT2D eigenvalue weighted by molar-refractivity contribution is 7.86. The molecule has 156 valence electrons. The Labute approximate surface area is 161 Å². The molecule has 9 heteroatoms. The molecule has 1 rings (SSSR count). The average Bonchev–Trinajstić information content (AvgIpc) is 2.68. The maximum Gasteiger partial charge on any atom is 0.297 e. The lowest BCUT2D eigenvalue weighted by molar-refractivity contribution is -0.0118. The zero-order valence-electron chi connectivity index (χ0n) is 15.8. The fourth-order valence-electron chi connectivity index (χ4n) is 1.88. The molecule has 0 radical (unpaired) electrons. The van der Waals surface area contributed by atoms with Gasteiger partial charge in [0.25, 0.3) is 10.1 Å². The van der Waals surface area contributed by atoms with E-state index in [2.05, 4.69) is 0 Å². The molecule has 0 unspecified atom stereocenters. The number of ether oxygens (including phenoxy) is 5. The molecule has 0 amide bonds. The van der Waals surface area contributed by atoms with E-state index in [1.807, 2.05) is 6.92 Å². The highest BCUT2D eigenvalue weighted by Crippen LogP contribution is 2.10. The SMILES string of the molecule is CCOCCOCCOCCOCCOCCOS(=O)(=O)c1ccccc1. The van der Waals surface area contributed by atoms with Gasteiger partial charge in [-0.2, -0.15) is 8.42 Å². The van der Waals surface area contributed by atoms with Gasteiger partial charge in [-0.25, -0.2) is 0 Å². The van der Waals surface area contributed by atoms with Gasteiger partial charge in [0, 0.05) is 6.61 Å². The van der Waals surface area contributed by atoms with Crippen molar-refractivity contribution in [2.45, 2.75) is 11.8 Å². The summed E-state index contributed by atoms with van der Waals surface area (Å²) in [5.41, 5.74) is 0. The van der Waals surface area contributed by atoms with Crippen molar-refractivity contribution in [2.75, 3.05) is 72.7 Å². The molecule has 0 aliphatic carbocycles. The lowest BCUT2D eigenvalue weighted by Gasteiger charge is -2.08. The second-order valence-corrected chi connectivity index (χ2v) is 6.85. The van der Waals surface area contributed by atoms with Gasteiger partial charge in [-0.05, 0) is 19.1 Å². The van der Waals surface area contributed by atoms with Crippen molar-refractivity contribution >= 4 is 10.1 Å². The van der Waals surface area contributed by atoms with Crippen LogP contribution in [-0.4, -0.2) is 81.1 Å². The summed E-state index contributed by atoms with van der Waals surface area (Å²) in [4.78, 5) is 0.132. The number of hydrogen-bond acceptors (Lipinski definition) is 8. The van der Waals surface area contributed by atoms with Crippen LogP contribution in [0, 0.1) is 0 Å². The molecule has 1 aromatic carbocycles. The zero-order valence-corrected chi connectivity index (χ0v) is 16.7. The van der Waals surface area contributed by atoms with Gasteiger partial charge >= 0.3 is 0 Å². The predicted octanol–water partition coefficient (Wildman–Crippen LogP) is 1.49. The first-order valence-corrected chi connectivity index (χ1v) is 10.4. The Hall–Kier alpha value is -1.07. The minimum Gasteiger partial charge on any atom is -0.379 e. The monoisotopic (exact) mass is 406 g/mol. The molecule has 0 N–H and O–H groups in total. The van der Waals surface area contributed by atoms with Crippen LogP contribution in [-0.2, 0) is 38.0 Å². The van der Waals surface area contributed by atoms with E-state index in [4.69, 9.17) is 27.9 Å². The zero-order chi connectivity index (χ0) is 19.6. The lowest BCUT2D eigenvalue weighted by Crippen LogP contribution is -2.15. The molecule has 0 aliphatic rings. The topological polar surface area (TPSA) is 89.5 Å². The molecule has 0 heterocycles. The average molecular weight is 406 g/mol. The van der Waals surface area contributed by atoms with Gasteiger partial charge < -0.3 is 23.7 Å². The fraction of sp³-hybridized carbons (Fsp3) is 0.667. The summed E-state index contributed by atoms with van der Waals surface area (Å²) < 4.78 is 55.0. The summed E-state index contributed by atoms with van der Waals surface area (Å²) in [6.07, 6.45) is 0. The van der Waals surface area contributed by atoms with Gasteiger partial charge in [0.2, 0.25) is 0 Å². The Bertz CT molecular complexity index is 550. The summed E-state index contributed by atoms with van der Waals surface area (Å²) in [7, 11) is -3.72. The minimum atomic E-state index is -3.72. The molecule has 1 aromatic rings.